The molecule has 0 radical (unpaired) electrons. The number of rotatable bonds is 5. The fourth-order valence-electron chi connectivity index (χ4n) is 2.10. The number of ketones is 1. The molecule has 0 aliphatic heterocycles. The van der Waals surface area contributed by atoms with Crippen molar-refractivity contribution in [3.63, 3.8) is 0 Å². The van der Waals surface area contributed by atoms with Gasteiger partial charge in [0, 0.05) is 36.1 Å². The zero-order valence-corrected chi connectivity index (χ0v) is 12.4. The minimum atomic E-state index is -0.354. The lowest BCUT2D eigenvalue weighted by Gasteiger charge is -2.04. The number of hydrogen-bond acceptors (Lipinski definition) is 5. The molecule has 0 amide bonds. The Morgan fingerprint density at radius 2 is 2.09 bits per heavy atom. The molecule has 2 heterocycles. The van der Waals surface area contributed by atoms with E-state index in [-0.39, 0.29) is 17.8 Å². The summed E-state index contributed by atoms with van der Waals surface area (Å²) in [6.07, 6.45) is 4.63. The van der Waals surface area contributed by atoms with Crippen molar-refractivity contribution in [1.82, 2.24) is 19.7 Å². The first kappa shape index (κ1) is 14.7. The number of aromatic amines is 1. The molecule has 0 unspecified atom stereocenters. The molecular weight excluding hydrogens is 296 g/mol. The Hall–Kier alpha value is -3.22. The average molecular weight is 310 g/mol. The lowest BCUT2D eigenvalue weighted by Crippen LogP contribution is -2.20. The van der Waals surface area contributed by atoms with Crippen molar-refractivity contribution in [3.05, 3.63) is 70.4 Å². The Morgan fingerprint density at radius 3 is 2.70 bits per heavy atom. The molecule has 23 heavy (non-hydrogen) atoms. The highest BCUT2D eigenvalue weighted by Crippen LogP contribution is 2.12. The summed E-state index contributed by atoms with van der Waals surface area (Å²) in [7, 11) is 1.56. The fourth-order valence-corrected chi connectivity index (χ4v) is 2.10. The van der Waals surface area contributed by atoms with Gasteiger partial charge >= 0.3 is 0 Å². The first-order valence-corrected chi connectivity index (χ1v) is 6.93. The summed E-state index contributed by atoms with van der Waals surface area (Å²) in [5.74, 6) is 0.817. The Morgan fingerprint density at radius 1 is 1.30 bits per heavy atom. The van der Waals surface area contributed by atoms with Crippen LogP contribution in [0.2, 0.25) is 0 Å². The quantitative estimate of drug-likeness (QED) is 0.719. The van der Waals surface area contributed by atoms with Gasteiger partial charge in [-0.25, -0.2) is 9.67 Å². The van der Waals surface area contributed by atoms with E-state index in [4.69, 9.17) is 4.74 Å². The van der Waals surface area contributed by atoms with Gasteiger partial charge in [0.25, 0.3) is 5.56 Å². The SMILES string of the molecule is COc1ccc(C(=O)Cc2cnc(-n3cccn3)[nH]c2=O)cc1. The second-order valence-electron chi connectivity index (χ2n) is 4.84. The number of carbonyl (C=O) groups is 1. The van der Waals surface area contributed by atoms with Crippen LogP contribution in [-0.4, -0.2) is 32.6 Å². The lowest BCUT2D eigenvalue weighted by molar-refractivity contribution is 0.0992. The van der Waals surface area contributed by atoms with E-state index in [1.807, 2.05) is 0 Å². The maximum Gasteiger partial charge on any atom is 0.255 e. The third-order valence-corrected chi connectivity index (χ3v) is 3.34. The molecule has 0 saturated carbocycles. The molecule has 2 aromatic heterocycles. The molecule has 1 aromatic carbocycles. The molecule has 7 heteroatoms. The molecule has 0 saturated heterocycles. The third kappa shape index (κ3) is 3.18. The zero-order chi connectivity index (χ0) is 16.2. The molecular formula is C16H14N4O3. The van der Waals surface area contributed by atoms with Crippen LogP contribution in [0.1, 0.15) is 15.9 Å². The van der Waals surface area contributed by atoms with Gasteiger partial charge in [0.2, 0.25) is 5.95 Å². The van der Waals surface area contributed by atoms with Crippen LogP contribution in [0.15, 0.2) is 53.7 Å². The highest BCUT2D eigenvalue weighted by Gasteiger charge is 2.11. The lowest BCUT2D eigenvalue weighted by atomic mass is 10.0. The van der Waals surface area contributed by atoms with Crippen LogP contribution in [-0.2, 0) is 6.42 Å². The van der Waals surface area contributed by atoms with Gasteiger partial charge in [-0.1, -0.05) is 0 Å². The van der Waals surface area contributed by atoms with Gasteiger partial charge in [-0.3, -0.25) is 14.6 Å². The highest BCUT2D eigenvalue weighted by molar-refractivity contribution is 5.97. The molecule has 0 aliphatic carbocycles. The van der Waals surface area contributed by atoms with Crippen molar-refractivity contribution in [1.29, 1.82) is 0 Å². The molecule has 0 bridgehead atoms. The fraction of sp³-hybridized carbons (Fsp3) is 0.125. The van der Waals surface area contributed by atoms with Crippen molar-refractivity contribution in [2.24, 2.45) is 0 Å². The summed E-state index contributed by atoms with van der Waals surface area (Å²) in [5, 5.41) is 3.99. The molecule has 116 valence electrons. The van der Waals surface area contributed by atoms with E-state index >= 15 is 0 Å². The monoisotopic (exact) mass is 310 g/mol. The number of aromatic nitrogens is 4. The van der Waals surface area contributed by atoms with Crippen molar-refractivity contribution in [2.75, 3.05) is 7.11 Å². The first-order valence-electron chi connectivity index (χ1n) is 6.93. The van der Waals surface area contributed by atoms with E-state index in [0.29, 0.717) is 22.8 Å². The Kier molecular flexibility index (Phi) is 4.01. The number of hydrogen-bond donors (Lipinski definition) is 1. The number of nitrogens with zero attached hydrogens (tertiary/aromatic N) is 3. The van der Waals surface area contributed by atoms with Crippen LogP contribution in [0.5, 0.6) is 5.75 Å². The van der Waals surface area contributed by atoms with Crippen molar-refractivity contribution in [2.45, 2.75) is 6.42 Å². The Balaban J connectivity index is 1.79. The minimum absolute atomic E-state index is 0.0198. The minimum Gasteiger partial charge on any atom is -0.497 e. The normalized spacial score (nSPS) is 10.5. The largest absolute Gasteiger partial charge is 0.497 e. The second kappa shape index (κ2) is 6.27. The van der Waals surface area contributed by atoms with Gasteiger partial charge in [0.05, 0.1) is 7.11 Å². The zero-order valence-electron chi connectivity index (χ0n) is 12.4. The number of carbonyl (C=O) groups excluding carboxylic acids is 1. The Labute approximate surface area is 131 Å². The van der Waals surface area contributed by atoms with E-state index in [0.717, 1.165) is 0 Å². The number of H-pyrrole nitrogens is 1. The van der Waals surface area contributed by atoms with E-state index in [2.05, 4.69) is 15.1 Å². The van der Waals surface area contributed by atoms with Crippen LogP contribution in [0.3, 0.4) is 0 Å². The average Bonchev–Trinajstić information content (AvgIpc) is 3.11. The number of ether oxygens (including phenoxy) is 1. The molecule has 3 aromatic rings. The molecule has 1 N–H and O–H groups in total. The summed E-state index contributed by atoms with van der Waals surface area (Å²) < 4.78 is 6.49. The summed E-state index contributed by atoms with van der Waals surface area (Å²) in [5.41, 5.74) is 0.468. The van der Waals surface area contributed by atoms with Crippen LogP contribution < -0.4 is 10.3 Å². The summed E-state index contributed by atoms with van der Waals surface area (Å²) >= 11 is 0. The molecule has 3 rings (SSSR count). The second-order valence-corrected chi connectivity index (χ2v) is 4.84. The molecule has 0 aliphatic rings. The van der Waals surface area contributed by atoms with E-state index in [1.54, 1.807) is 49.8 Å². The topological polar surface area (TPSA) is 89.9 Å². The number of benzene rings is 1. The van der Waals surface area contributed by atoms with E-state index in [9.17, 15) is 9.59 Å². The maximum absolute atomic E-state index is 12.2. The molecule has 7 nitrogen and oxygen atoms in total. The van der Waals surface area contributed by atoms with E-state index < -0.39 is 0 Å². The van der Waals surface area contributed by atoms with Gasteiger partial charge in [-0.2, -0.15) is 5.10 Å². The molecule has 0 spiro atoms. The van der Waals surface area contributed by atoms with Gasteiger partial charge in [-0.15, -0.1) is 0 Å². The molecule has 0 fully saturated rings. The van der Waals surface area contributed by atoms with Gasteiger partial charge in [-0.05, 0) is 30.3 Å². The summed E-state index contributed by atoms with van der Waals surface area (Å²) in [4.78, 5) is 31.1. The van der Waals surface area contributed by atoms with Crippen LogP contribution in [0, 0.1) is 0 Å². The number of nitrogens with one attached hydrogen (secondary N) is 1. The number of Topliss-reactive ketones (excluding diaryl/α,β-unsaturated/α-hetero) is 1. The summed E-state index contributed by atoms with van der Waals surface area (Å²) in [6, 6.07) is 8.47. The summed E-state index contributed by atoms with van der Waals surface area (Å²) in [6.45, 7) is 0. The third-order valence-electron chi connectivity index (χ3n) is 3.34. The maximum atomic E-state index is 12.2. The van der Waals surface area contributed by atoms with Crippen molar-refractivity contribution in [3.8, 4) is 11.7 Å². The number of methoxy groups -OCH3 is 1. The molecule has 0 atom stereocenters. The van der Waals surface area contributed by atoms with Crippen LogP contribution in [0.25, 0.3) is 5.95 Å². The Bertz CT molecular complexity index is 867. The van der Waals surface area contributed by atoms with Gasteiger partial charge in [0.1, 0.15) is 5.75 Å². The van der Waals surface area contributed by atoms with Gasteiger partial charge < -0.3 is 4.74 Å². The van der Waals surface area contributed by atoms with Crippen LogP contribution in [0.4, 0.5) is 0 Å². The van der Waals surface area contributed by atoms with Crippen LogP contribution >= 0.6 is 0 Å². The van der Waals surface area contributed by atoms with Gasteiger partial charge in [0.15, 0.2) is 5.78 Å². The van der Waals surface area contributed by atoms with Crippen molar-refractivity contribution < 1.29 is 9.53 Å². The highest BCUT2D eigenvalue weighted by atomic mass is 16.5. The standard InChI is InChI=1S/C16H14N4O3/c1-23-13-5-3-11(4-6-13)14(21)9-12-10-17-16(19-15(12)22)20-8-2-7-18-20/h2-8,10H,9H2,1H3,(H,17,19,22). The first-order chi connectivity index (χ1) is 11.2. The predicted molar refractivity (Wildman–Crippen MR) is 83.0 cm³/mol. The predicted octanol–water partition coefficient (Wildman–Crippen LogP) is 1.39. The smallest absolute Gasteiger partial charge is 0.255 e. The van der Waals surface area contributed by atoms with E-state index in [1.165, 1.54) is 10.9 Å². The van der Waals surface area contributed by atoms with Crippen molar-refractivity contribution >= 4 is 5.78 Å².